The number of nitrogens with zero attached hydrogens (tertiary/aromatic N) is 1. The molecule has 0 atom stereocenters. The van der Waals surface area contributed by atoms with Crippen LogP contribution in [0.4, 0.5) is 10.3 Å². The van der Waals surface area contributed by atoms with Crippen LogP contribution in [0.3, 0.4) is 0 Å². The van der Waals surface area contributed by atoms with Crippen LogP contribution in [0, 0.1) is 5.82 Å². The highest BCUT2D eigenvalue weighted by Crippen LogP contribution is 2.22. The molecule has 128 valence electrons. The molecule has 2 aromatic carbocycles. The van der Waals surface area contributed by atoms with E-state index in [0.717, 1.165) is 11.1 Å². The van der Waals surface area contributed by atoms with Gasteiger partial charge in [-0.3, -0.25) is 9.78 Å². The molecule has 0 spiro atoms. The average Bonchev–Trinajstić information content (AvgIpc) is 2.62. The summed E-state index contributed by atoms with van der Waals surface area (Å²) >= 11 is 5.77. The number of nitrogens with one attached hydrogen (secondary N) is 2. The van der Waals surface area contributed by atoms with Gasteiger partial charge in [-0.05, 0) is 29.8 Å². The highest BCUT2D eigenvalue weighted by Gasteiger charge is 2.06. The number of hydrogen-bond acceptors (Lipinski definition) is 4. The number of benzene rings is 2. The van der Waals surface area contributed by atoms with Gasteiger partial charge in [-0.2, -0.15) is 0 Å². The lowest BCUT2D eigenvalue weighted by Gasteiger charge is -2.09. The van der Waals surface area contributed by atoms with Gasteiger partial charge in [0, 0.05) is 18.2 Å². The molecule has 0 aliphatic heterocycles. The van der Waals surface area contributed by atoms with Crippen molar-refractivity contribution in [3.8, 4) is 17.0 Å². The van der Waals surface area contributed by atoms with Gasteiger partial charge < -0.3 is 10.1 Å². The third-order valence-electron chi connectivity index (χ3n) is 3.55. The fourth-order valence-electron chi connectivity index (χ4n) is 2.31. The molecule has 0 fully saturated rings. The maximum atomic E-state index is 13.2. The first-order chi connectivity index (χ1) is 12.0. The fourth-order valence-corrected chi connectivity index (χ4v) is 2.51. The van der Waals surface area contributed by atoms with E-state index in [2.05, 4.69) is 15.3 Å². The summed E-state index contributed by atoms with van der Waals surface area (Å²) in [5.41, 5.74) is 1.76. The number of anilines is 1. The highest BCUT2D eigenvalue weighted by atomic mass is 35.5. The number of halogens is 2. The predicted molar refractivity (Wildman–Crippen MR) is 95.6 cm³/mol. The topological polar surface area (TPSA) is 67.0 Å². The Labute approximate surface area is 148 Å². The van der Waals surface area contributed by atoms with E-state index in [0.29, 0.717) is 23.9 Å². The van der Waals surface area contributed by atoms with Crippen LogP contribution in [0.1, 0.15) is 5.56 Å². The average molecular weight is 360 g/mol. The Morgan fingerprint density at radius 3 is 2.84 bits per heavy atom. The number of rotatable bonds is 5. The first-order valence-electron chi connectivity index (χ1n) is 7.49. The predicted octanol–water partition coefficient (Wildman–Crippen LogP) is 3.85. The molecule has 5 nitrogen and oxygen atoms in total. The van der Waals surface area contributed by atoms with Crippen molar-refractivity contribution in [2.45, 2.75) is 6.54 Å². The van der Waals surface area contributed by atoms with Crippen LogP contribution in [0.5, 0.6) is 5.75 Å². The van der Waals surface area contributed by atoms with Gasteiger partial charge in [-0.25, -0.2) is 9.37 Å². The van der Waals surface area contributed by atoms with Gasteiger partial charge in [-0.15, -0.1) is 0 Å². The first kappa shape index (κ1) is 17.0. The summed E-state index contributed by atoms with van der Waals surface area (Å²) in [5, 5.41) is 3.06. The molecule has 0 saturated carbocycles. The van der Waals surface area contributed by atoms with E-state index in [4.69, 9.17) is 16.3 Å². The number of ether oxygens (including phenoxy) is 1. The second-order valence-electron chi connectivity index (χ2n) is 5.31. The van der Waals surface area contributed by atoms with E-state index in [-0.39, 0.29) is 10.6 Å². The van der Waals surface area contributed by atoms with Gasteiger partial charge in [-0.1, -0.05) is 29.8 Å². The number of aromatic nitrogens is 2. The SMILES string of the molecule is COc1cccc(-c2cc(=O)[nH]c(NCc3ccc(F)c(Cl)c3)n2)c1. The van der Waals surface area contributed by atoms with Crippen molar-refractivity contribution >= 4 is 17.5 Å². The largest absolute Gasteiger partial charge is 0.497 e. The molecule has 1 heterocycles. The standard InChI is InChI=1S/C18H15ClFN3O2/c1-25-13-4-2-3-12(8-13)16-9-17(24)23-18(22-16)21-10-11-5-6-15(20)14(19)7-11/h2-9H,10H2,1H3,(H2,21,22,23,24). The fraction of sp³-hybridized carbons (Fsp3) is 0.111. The summed E-state index contributed by atoms with van der Waals surface area (Å²) in [4.78, 5) is 18.9. The van der Waals surface area contributed by atoms with Crippen molar-refractivity contribution in [3.63, 3.8) is 0 Å². The molecule has 3 rings (SSSR count). The van der Waals surface area contributed by atoms with Crippen molar-refractivity contribution in [2.24, 2.45) is 0 Å². The summed E-state index contributed by atoms with van der Waals surface area (Å²) in [5.74, 6) is 0.512. The van der Waals surface area contributed by atoms with E-state index in [1.807, 2.05) is 18.2 Å². The molecule has 0 bridgehead atoms. The van der Waals surface area contributed by atoms with Crippen LogP contribution < -0.4 is 15.6 Å². The minimum absolute atomic E-state index is 0.0471. The van der Waals surface area contributed by atoms with E-state index in [9.17, 15) is 9.18 Å². The number of aromatic amines is 1. The summed E-state index contributed by atoms with van der Waals surface area (Å²) in [7, 11) is 1.57. The second kappa shape index (κ2) is 7.36. The van der Waals surface area contributed by atoms with Gasteiger partial charge in [0.05, 0.1) is 17.8 Å². The smallest absolute Gasteiger partial charge is 0.252 e. The Morgan fingerprint density at radius 2 is 2.08 bits per heavy atom. The third kappa shape index (κ3) is 4.16. The lowest BCUT2D eigenvalue weighted by molar-refractivity contribution is 0.415. The Hall–Kier alpha value is -2.86. The van der Waals surface area contributed by atoms with Crippen LogP contribution in [-0.2, 0) is 6.54 Å². The number of H-pyrrole nitrogens is 1. The van der Waals surface area contributed by atoms with Crippen LogP contribution >= 0.6 is 11.6 Å². The maximum absolute atomic E-state index is 13.2. The normalized spacial score (nSPS) is 10.5. The molecule has 25 heavy (non-hydrogen) atoms. The van der Waals surface area contributed by atoms with Crippen LogP contribution in [0.25, 0.3) is 11.3 Å². The molecule has 0 aliphatic rings. The summed E-state index contributed by atoms with van der Waals surface area (Å²) < 4.78 is 18.4. The molecule has 0 radical (unpaired) electrons. The lowest BCUT2D eigenvalue weighted by Crippen LogP contribution is -2.12. The van der Waals surface area contributed by atoms with Crippen LogP contribution in [-0.4, -0.2) is 17.1 Å². The molecule has 1 aromatic heterocycles. The molecule has 0 saturated heterocycles. The highest BCUT2D eigenvalue weighted by molar-refractivity contribution is 6.30. The van der Waals surface area contributed by atoms with Gasteiger partial charge in [0.15, 0.2) is 0 Å². The van der Waals surface area contributed by atoms with Crippen LogP contribution in [0.2, 0.25) is 5.02 Å². The minimum Gasteiger partial charge on any atom is -0.497 e. The molecular formula is C18H15ClFN3O2. The van der Waals surface area contributed by atoms with E-state index < -0.39 is 5.82 Å². The zero-order valence-electron chi connectivity index (χ0n) is 13.3. The maximum Gasteiger partial charge on any atom is 0.252 e. The van der Waals surface area contributed by atoms with Gasteiger partial charge in [0.2, 0.25) is 5.95 Å². The number of methoxy groups -OCH3 is 1. The van der Waals surface area contributed by atoms with Gasteiger partial charge in [0.25, 0.3) is 5.56 Å². The van der Waals surface area contributed by atoms with Crippen molar-refractivity contribution in [3.05, 3.63) is 75.3 Å². The molecule has 0 aliphatic carbocycles. The summed E-state index contributed by atoms with van der Waals surface area (Å²) in [6, 6.07) is 13.1. The van der Waals surface area contributed by atoms with Crippen molar-refractivity contribution in [2.75, 3.05) is 12.4 Å². The molecule has 3 aromatic rings. The van der Waals surface area contributed by atoms with Gasteiger partial charge in [0.1, 0.15) is 11.6 Å². The monoisotopic (exact) mass is 359 g/mol. The molecule has 0 amide bonds. The zero-order chi connectivity index (χ0) is 17.8. The Kier molecular flexibility index (Phi) is 5.00. The Balaban J connectivity index is 1.83. The Morgan fingerprint density at radius 1 is 1.24 bits per heavy atom. The van der Waals surface area contributed by atoms with Crippen LogP contribution in [0.15, 0.2) is 53.3 Å². The van der Waals surface area contributed by atoms with Crippen molar-refractivity contribution in [1.82, 2.24) is 9.97 Å². The molecule has 7 heteroatoms. The summed E-state index contributed by atoms with van der Waals surface area (Å²) in [6.07, 6.45) is 0. The second-order valence-corrected chi connectivity index (χ2v) is 5.72. The third-order valence-corrected chi connectivity index (χ3v) is 3.84. The van der Waals surface area contributed by atoms with E-state index in [1.54, 1.807) is 19.2 Å². The van der Waals surface area contributed by atoms with Crippen molar-refractivity contribution < 1.29 is 9.13 Å². The lowest BCUT2D eigenvalue weighted by atomic mass is 10.1. The van der Waals surface area contributed by atoms with Crippen molar-refractivity contribution in [1.29, 1.82) is 0 Å². The quantitative estimate of drug-likeness (QED) is 0.726. The Bertz CT molecular complexity index is 959. The number of hydrogen-bond donors (Lipinski definition) is 2. The summed E-state index contributed by atoms with van der Waals surface area (Å²) in [6.45, 7) is 0.338. The molecule has 0 unspecified atom stereocenters. The minimum atomic E-state index is -0.475. The first-order valence-corrected chi connectivity index (χ1v) is 7.86. The van der Waals surface area contributed by atoms with Gasteiger partial charge >= 0.3 is 0 Å². The zero-order valence-corrected chi connectivity index (χ0v) is 14.1. The molecule has 2 N–H and O–H groups in total. The van der Waals surface area contributed by atoms with E-state index >= 15 is 0 Å². The van der Waals surface area contributed by atoms with E-state index in [1.165, 1.54) is 18.2 Å². The molecular weight excluding hydrogens is 345 g/mol.